The number of hydrogen-bond donors (Lipinski definition) is 1. The third kappa shape index (κ3) is 4.31. The normalized spacial score (nSPS) is 14.0. The van der Waals surface area contributed by atoms with Gasteiger partial charge in [-0.2, -0.15) is 0 Å². The summed E-state index contributed by atoms with van der Waals surface area (Å²) in [4.78, 5) is 32.4. The molecule has 0 spiro atoms. The monoisotopic (exact) mass is 368 g/mol. The fraction of sp³-hybridized carbons (Fsp3) is 0.250. The van der Waals surface area contributed by atoms with E-state index in [9.17, 15) is 14.0 Å². The minimum absolute atomic E-state index is 0.186. The molecule has 6 nitrogen and oxygen atoms in total. The van der Waals surface area contributed by atoms with Crippen LogP contribution in [0.2, 0.25) is 0 Å². The number of rotatable bonds is 5. The fourth-order valence-corrected chi connectivity index (χ4v) is 2.99. The van der Waals surface area contributed by atoms with E-state index in [1.807, 2.05) is 4.90 Å². The van der Waals surface area contributed by atoms with Gasteiger partial charge in [-0.15, -0.1) is 6.58 Å². The molecule has 0 unspecified atom stereocenters. The average molecular weight is 368 g/mol. The number of carbonyl (C=O) groups excluding carboxylic acids is 2. The van der Waals surface area contributed by atoms with Crippen molar-refractivity contribution in [2.45, 2.75) is 0 Å². The highest BCUT2D eigenvalue weighted by Crippen LogP contribution is 2.20. The highest BCUT2D eigenvalue weighted by Gasteiger charge is 2.24. The van der Waals surface area contributed by atoms with Crippen LogP contribution < -0.4 is 10.2 Å². The van der Waals surface area contributed by atoms with Crippen LogP contribution >= 0.6 is 0 Å². The number of nitrogens with zero attached hydrogens (tertiary/aromatic N) is 3. The first-order valence-electron chi connectivity index (χ1n) is 8.73. The van der Waals surface area contributed by atoms with Crippen LogP contribution in [0.15, 0.2) is 55.4 Å². The van der Waals surface area contributed by atoms with Gasteiger partial charge in [0.1, 0.15) is 5.82 Å². The van der Waals surface area contributed by atoms with Gasteiger partial charge in [0.05, 0.1) is 16.8 Å². The lowest BCUT2D eigenvalue weighted by molar-refractivity contribution is 0.0746. The van der Waals surface area contributed by atoms with Gasteiger partial charge in [0.25, 0.3) is 11.8 Å². The molecule has 27 heavy (non-hydrogen) atoms. The maximum Gasteiger partial charge on any atom is 0.255 e. The molecule has 0 saturated carbocycles. The second-order valence-corrected chi connectivity index (χ2v) is 6.19. The predicted molar refractivity (Wildman–Crippen MR) is 101 cm³/mol. The van der Waals surface area contributed by atoms with Gasteiger partial charge in [-0.25, -0.2) is 4.39 Å². The maximum atomic E-state index is 13.9. The van der Waals surface area contributed by atoms with Crippen molar-refractivity contribution < 1.29 is 14.0 Å². The highest BCUT2D eigenvalue weighted by atomic mass is 19.1. The summed E-state index contributed by atoms with van der Waals surface area (Å²) in [5, 5.41) is 2.66. The lowest BCUT2D eigenvalue weighted by Gasteiger charge is -2.36. The van der Waals surface area contributed by atoms with Crippen molar-refractivity contribution >= 4 is 17.5 Å². The van der Waals surface area contributed by atoms with Crippen molar-refractivity contribution in [3.05, 3.63) is 72.3 Å². The van der Waals surface area contributed by atoms with Gasteiger partial charge < -0.3 is 15.1 Å². The van der Waals surface area contributed by atoms with E-state index in [0.717, 1.165) is 0 Å². The molecule has 140 valence electrons. The third-order valence-corrected chi connectivity index (χ3v) is 4.41. The molecule has 2 heterocycles. The van der Waals surface area contributed by atoms with E-state index in [1.165, 1.54) is 24.5 Å². The van der Waals surface area contributed by atoms with E-state index in [-0.39, 0.29) is 17.6 Å². The summed E-state index contributed by atoms with van der Waals surface area (Å²) in [5.41, 5.74) is 1.24. The zero-order valence-corrected chi connectivity index (χ0v) is 14.9. The zero-order valence-electron chi connectivity index (χ0n) is 14.9. The minimum atomic E-state index is -0.304. The van der Waals surface area contributed by atoms with E-state index in [2.05, 4.69) is 16.9 Å². The molecule has 1 N–H and O–H groups in total. The smallest absolute Gasteiger partial charge is 0.255 e. The molecule has 1 saturated heterocycles. The van der Waals surface area contributed by atoms with Crippen molar-refractivity contribution in [3.8, 4) is 0 Å². The summed E-state index contributed by atoms with van der Waals surface area (Å²) < 4.78 is 13.9. The van der Waals surface area contributed by atoms with Gasteiger partial charge in [-0.1, -0.05) is 18.2 Å². The maximum absolute atomic E-state index is 13.9. The number of piperazine rings is 1. The first kappa shape index (κ1) is 18.6. The van der Waals surface area contributed by atoms with E-state index in [0.29, 0.717) is 49.5 Å². The summed E-state index contributed by atoms with van der Waals surface area (Å²) in [6.45, 7) is 5.92. The summed E-state index contributed by atoms with van der Waals surface area (Å²) in [5.74, 6) is -0.754. The van der Waals surface area contributed by atoms with Gasteiger partial charge in [-0.3, -0.25) is 14.6 Å². The number of benzene rings is 1. The molecule has 0 bridgehead atoms. The summed E-state index contributed by atoms with van der Waals surface area (Å²) in [7, 11) is 0. The molecule has 1 aliphatic rings. The second kappa shape index (κ2) is 8.44. The van der Waals surface area contributed by atoms with Crippen molar-refractivity contribution in [2.75, 3.05) is 37.6 Å². The Morgan fingerprint density at radius 2 is 1.85 bits per heavy atom. The molecule has 0 radical (unpaired) electrons. The fourth-order valence-electron chi connectivity index (χ4n) is 2.99. The Balaban J connectivity index is 1.65. The highest BCUT2D eigenvalue weighted by molar-refractivity contribution is 5.99. The van der Waals surface area contributed by atoms with Crippen molar-refractivity contribution in [1.82, 2.24) is 15.2 Å². The van der Waals surface area contributed by atoms with Crippen molar-refractivity contribution in [1.29, 1.82) is 0 Å². The van der Waals surface area contributed by atoms with E-state index < -0.39 is 0 Å². The summed E-state index contributed by atoms with van der Waals surface area (Å²) in [6, 6.07) is 8.16. The van der Waals surface area contributed by atoms with Crippen LogP contribution in [0, 0.1) is 5.82 Å². The number of para-hydroxylation sites is 1. The Labute approximate surface area is 157 Å². The Kier molecular flexibility index (Phi) is 5.80. The van der Waals surface area contributed by atoms with Gasteiger partial charge in [0, 0.05) is 45.1 Å². The quantitative estimate of drug-likeness (QED) is 0.821. The largest absolute Gasteiger partial charge is 0.366 e. The number of carbonyl (C=O) groups is 2. The van der Waals surface area contributed by atoms with Crippen LogP contribution in [-0.2, 0) is 0 Å². The van der Waals surface area contributed by atoms with Gasteiger partial charge in [0.2, 0.25) is 0 Å². The predicted octanol–water partition coefficient (Wildman–Crippen LogP) is 2.10. The summed E-state index contributed by atoms with van der Waals surface area (Å²) in [6.07, 6.45) is 4.45. The van der Waals surface area contributed by atoms with E-state index in [4.69, 9.17) is 0 Å². The molecule has 7 heteroatoms. The van der Waals surface area contributed by atoms with Crippen molar-refractivity contribution in [2.24, 2.45) is 0 Å². The van der Waals surface area contributed by atoms with Crippen LogP contribution in [-0.4, -0.2) is 54.4 Å². The Bertz CT molecular complexity index is 847. The first-order valence-corrected chi connectivity index (χ1v) is 8.73. The summed E-state index contributed by atoms with van der Waals surface area (Å²) >= 11 is 0. The molecular formula is C20H21FN4O2. The molecule has 1 aromatic heterocycles. The lowest BCUT2D eigenvalue weighted by Crippen LogP contribution is -2.49. The van der Waals surface area contributed by atoms with Gasteiger partial charge in [-0.05, 0) is 18.2 Å². The van der Waals surface area contributed by atoms with Crippen LogP contribution in [0.4, 0.5) is 10.1 Å². The molecule has 1 aliphatic heterocycles. The zero-order chi connectivity index (χ0) is 19.2. The molecule has 0 atom stereocenters. The molecular weight excluding hydrogens is 347 g/mol. The average Bonchev–Trinajstić information content (AvgIpc) is 2.72. The van der Waals surface area contributed by atoms with Crippen LogP contribution in [0.1, 0.15) is 20.7 Å². The Morgan fingerprint density at radius 1 is 1.15 bits per heavy atom. The second-order valence-electron chi connectivity index (χ2n) is 6.19. The number of halogens is 1. The number of amides is 2. The van der Waals surface area contributed by atoms with Crippen LogP contribution in [0.3, 0.4) is 0 Å². The lowest BCUT2D eigenvalue weighted by atomic mass is 10.1. The Morgan fingerprint density at radius 3 is 2.56 bits per heavy atom. The van der Waals surface area contributed by atoms with Gasteiger partial charge in [0.15, 0.2) is 0 Å². The van der Waals surface area contributed by atoms with Crippen LogP contribution in [0.5, 0.6) is 0 Å². The van der Waals surface area contributed by atoms with Gasteiger partial charge >= 0.3 is 0 Å². The van der Waals surface area contributed by atoms with Crippen molar-refractivity contribution in [3.63, 3.8) is 0 Å². The minimum Gasteiger partial charge on any atom is -0.366 e. The van der Waals surface area contributed by atoms with E-state index >= 15 is 0 Å². The number of nitrogens with one attached hydrogen (secondary N) is 1. The standard InChI is InChI=1S/C20H21FN4O2/c1-2-7-23-19(26)15-12-16(14-22-13-15)20(27)25-10-8-24(9-11-25)18-6-4-3-5-17(18)21/h2-6,12-14H,1,7-11H2,(H,23,26). The number of pyridine rings is 1. The number of hydrogen-bond acceptors (Lipinski definition) is 4. The molecule has 0 aliphatic carbocycles. The first-order chi connectivity index (χ1) is 13.1. The number of anilines is 1. The SMILES string of the molecule is C=CCNC(=O)c1cncc(C(=O)N2CCN(c3ccccc3F)CC2)c1. The topological polar surface area (TPSA) is 65.5 Å². The van der Waals surface area contributed by atoms with E-state index in [1.54, 1.807) is 29.2 Å². The molecule has 2 amide bonds. The van der Waals surface area contributed by atoms with Crippen LogP contribution in [0.25, 0.3) is 0 Å². The molecule has 1 fully saturated rings. The Hall–Kier alpha value is -3.22. The molecule has 1 aromatic carbocycles. The molecule has 3 rings (SSSR count). The number of aromatic nitrogens is 1. The third-order valence-electron chi connectivity index (χ3n) is 4.41. The molecule has 2 aromatic rings.